The van der Waals surface area contributed by atoms with Crippen LogP contribution in [-0.4, -0.2) is 47.4 Å². The fourth-order valence-corrected chi connectivity index (χ4v) is 11.9. The number of hydrogen-bond donors (Lipinski definition) is 3. The third-order valence-corrected chi connectivity index (χ3v) is 17.6. The zero-order chi connectivity index (χ0) is 57.8. The number of unbranched alkanes of at least 4 members (excludes halogenated alkanes) is 57. The molecule has 0 saturated carbocycles. The molecular formula is C74H145NO5. The Labute approximate surface area is 501 Å². The third-order valence-electron chi connectivity index (χ3n) is 17.6. The average Bonchev–Trinajstić information content (AvgIpc) is 3.46. The van der Waals surface area contributed by atoms with Gasteiger partial charge in [-0.2, -0.15) is 0 Å². The number of nitrogens with one attached hydrogen (secondary N) is 1. The second-order valence-corrected chi connectivity index (χ2v) is 25.6. The normalized spacial score (nSPS) is 12.5. The van der Waals surface area contributed by atoms with Crippen molar-refractivity contribution in [3.63, 3.8) is 0 Å². The summed E-state index contributed by atoms with van der Waals surface area (Å²) in [5.74, 6) is -0.00609. The van der Waals surface area contributed by atoms with Crippen LogP contribution in [0.4, 0.5) is 0 Å². The van der Waals surface area contributed by atoms with Crippen molar-refractivity contribution < 1.29 is 24.5 Å². The molecule has 0 aliphatic carbocycles. The second-order valence-electron chi connectivity index (χ2n) is 25.6. The van der Waals surface area contributed by atoms with E-state index in [0.29, 0.717) is 25.9 Å². The molecule has 0 saturated heterocycles. The van der Waals surface area contributed by atoms with E-state index in [9.17, 15) is 19.8 Å². The predicted molar refractivity (Wildman–Crippen MR) is 352 cm³/mol. The number of rotatable bonds is 70. The largest absolute Gasteiger partial charge is 0.466 e. The molecule has 476 valence electrons. The lowest BCUT2D eigenvalue weighted by molar-refractivity contribution is -0.143. The van der Waals surface area contributed by atoms with E-state index in [1.807, 2.05) is 0 Å². The molecule has 0 spiro atoms. The number of hydrogen-bond acceptors (Lipinski definition) is 5. The quantitative estimate of drug-likeness (QED) is 0.0320. The number of carbonyl (C=O) groups is 2. The zero-order valence-electron chi connectivity index (χ0n) is 54.6. The monoisotopic (exact) mass is 1130 g/mol. The van der Waals surface area contributed by atoms with Crippen LogP contribution in [0.1, 0.15) is 425 Å². The van der Waals surface area contributed by atoms with E-state index in [1.165, 1.54) is 353 Å². The van der Waals surface area contributed by atoms with Crippen LogP contribution in [0.25, 0.3) is 0 Å². The maximum atomic E-state index is 12.5. The number of aliphatic hydroxyl groups is 2. The van der Waals surface area contributed by atoms with Crippen LogP contribution in [-0.2, 0) is 14.3 Å². The standard InChI is InChI=1S/C74H145NO5/c1-3-5-7-9-11-13-15-17-19-40-44-48-52-56-60-64-68-74(79)80-69-65-61-57-53-49-45-41-37-35-33-31-29-27-25-23-21-20-22-24-26-28-30-32-34-36-39-43-47-51-55-59-63-67-73(78)75-71(70-76)72(77)66-62-58-54-50-46-42-38-18-16-14-12-10-8-6-4-2/h23,25,71-72,76-77H,3-22,24,26-70H2,1-2H3,(H,75,78)/b25-23-. The van der Waals surface area contributed by atoms with E-state index < -0.39 is 12.1 Å². The predicted octanol–water partition coefficient (Wildman–Crippen LogP) is 23.9. The summed E-state index contributed by atoms with van der Waals surface area (Å²) in [4.78, 5) is 24.6. The highest BCUT2D eigenvalue weighted by molar-refractivity contribution is 5.76. The lowest BCUT2D eigenvalue weighted by atomic mass is 10.0. The average molecular weight is 1130 g/mol. The van der Waals surface area contributed by atoms with Gasteiger partial charge in [0.05, 0.1) is 25.4 Å². The fraction of sp³-hybridized carbons (Fsp3) is 0.946. The van der Waals surface area contributed by atoms with E-state index in [1.54, 1.807) is 0 Å². The van der Waals surface area contributed by atoms with Crippen LogP contribution < -0.4 is 5.32 Å². The molecule has 0 bridgehead atoms. The molecule has 80 heavy (non-hydrogen) atoms. The van der Waals surface area contributed by atoms with Crippen molar-refractivity contribution in [2.45, 2.75) is 437 Å². The Morgan fingerprint density at radius 3 is 0.887 bits per heavy atom. The number of aliphatic hydroxyl groups excluding tert-OH is 2. The van der Waals surface area contributed by atoms with Crippen molar-refractivity contribution in [2.75, 3.05) is 13.2 Å². The molecule has 2 atom stereocenters. The minimum absolute atomic E-state index is 0.0227. The van der Waals surface area contributed by atoms with Gasteiger partial charge in [0.2, 0.25) is 5.91 Å². The van der Waals surface area contributed by atoms with Gasteiger partial charge < -0.3 is 20.3 Å². The van der Waals surface area contributed by atoms with Crippen LogP contribution in [0.2, 0.25) is 0 Å². The molecule has 2 unspecified atom stereocenters. The van der Waals surface area contributed by atoms with Crippen molar-refractivity contribution in [1.29, 1.82) is 0 Å². The molecule has 0 aromatic heterocycles. The van der Waals surface area contributed by atoms with Gasteiger partial charge in [-0.1, -0.05) is 373 Å². The molecule has 0 fully saturated rings. The summed E-state index contributed by atoms with van der Waals surface area (Å²) < 4.78 is 5.51. The summed E-state index contributed by atoms with van der Waals surface area (Å²) in [6.45, 7) is 5.00. The number of carbonyl (C=O) groups excluding carboxylic acids is 2. The van der Waals surface area contributed by atoms with Gasteiger partial charge in [-0.05, 0) is 51.4 Å². The molecule has 6 heteroatoms. The molecule has 3 N–H and O–H groups in total. The van der Waals surface area contributed by atoms with Crippen LogP contribution in [0.5, 0.6) is 0 Å². The molecule has 0 radical (unpaired) electrons. The van der Waals surface area contributed by atoms with Crippen molar-refractivity contribution in [1.82, 2.24) is 5.32 Å². The van der Waals surface area contributed by atoms with E-state index in [4.69, 9.17) is 4.74 Å². The zero-order valence-corrected chi connectivity index (χ0v) is 54.6. The molecule has 1 amide bonds. The lowest BCUT2D eigenvalue weighted by Crippen LogP contribution is -2.45. The Bertz CT molecular complexity index is 1210. The summed E-state index contributed by atoms with van der Waals surface area (Å²) in [5, 5.41) is 23.3. The van der Waals surface area contributed by atoms with Gasteiger partial charge in [0, 0.05) is 12.8 Å². The second kappa shape index (κ2) is 70.1. The first-order valence-electron chi connectivity index (χ1n) is 36.9. The van der Waals surface area contributed by atoms with E-state index in [-0.39, 0.29) is 18.5 Å². The Morgan fingerprint density at radius 1 is 0.338 bits per heavy atom. The first-order valence-corrected chi connectivity index (χ1v) is 36.9. The molecule has 6 nitrogen and oxygen atoms in total. The minimum Gasteiger partial charge on any atom is -0.466 e. The molecule has 0 aliphatic rings. The summed E-state index contributed by atoms with van der Waals surface area (Å²) in [6.07, 6.45) is 87.1. The molecule has 0 aromatic carbocycles. The van der Waals surface area contributed by atoms with Crippen LogP contribution >= 0.6 is 0 Å². The number of esters is 1. The SMILES string of the molecule is CCCCCCCCCCCCCCCCCCC(=O)OCCCCCCCCCCCCCC/C=C\CCCCCCCCCCCCCCCCCCC(=O)NC(CO)C(O)CCCCCCCCCCCCCCCCC. The number of allylic oxidation sites excluding steroid dienone is 2. The van der Waals surface area contributed by atoms with Gasteiger partial charge in [-0.25, -0.2) is 0 Å². The number of amides is 1. The summed E-state index contributed by atoms with van der Waals surface area (Å²) >= 11 is 0. The maximum Gasteiger partial charge on any atom is 0.305 e. The Balaban J connectivity index is 3.33. The van der Waals surface area contributed by atoms with Gasteiger partial charge in [-0.15, -0.1) is 0 Å². The molecular weight excluding hydrogens is 983 g/mol. The van der Waals surface area contributed by atoms with Crippen molar-refractivity contribution >= 4 is 11.9 Å². The molecule has 0 heterocycles. The molecule has 0 rings (SSSR count). The first kappa shape index (κ1) is 78.6. The highest BCUT2D eigenvalue weighted by Crippen LogP contribution is 2.19. The van der Waals surface area contributed by atoms with Gasteiger partial charge in [-0.3, -0.25) is 9.59 Å². The molecule has 0 aliphatic heterocycles. The topological polar surface area (TPSA) is 95.9 Å². The smallest absolute Gasteiger partial charge is 0.305 e. The van der Waals surface area contributed by atoms with Crippen molar-refractivity contribution in [2.24, 2.45) is 0 Å². The van der Waals surface area contributed by atoms with Crippen molar-refractivity contribution in [3.05, 3.63) is 12.2 Å². The van der Waals surface area contributed by atoms with Gasteiger partial charge in [0.15, 0.2) is 0 Å². The highest BCUT2D eigenvalue weighted by atomic mass is 16.5. The molecule has 0 aromatic rings. The Morgan fingerprint density at radius 2 is 0.588 bits per heavy atom. The Hall–Kier alpha value is -1.40. The van der Waals surface area contributed by atoms with Gasteiger partial charge >= 0.3 is 5.97 Å². The lowest BCUT2D eigenvalue weighted by Gasteiger charge is -2.22. The minimum atomic E-state index is -0.661. The van der Waals surface area contributed by atoms with Crippen LogP contribution in [0.15, 0.2) is 12.2 Å². The van der Waals surface area contributed by atoms with Crippen molar-refractivity contribution in [3.8, 4) is 0 Å². The third kappa shape index (κ3) is 65.7. The fourth-order valence-electron chi connectivity index (χ4n) is 11.9. The summed E-state index contributed by atoms with van der Waals surface area (Å²) in [7, 11) is 0. The van der Waals surface area contributed by atoms with Crippen LogP contribution in [0, 0.1) is 0 Å². The van der Waals surface area contributed by atoms with E-state index in [2.05, 4.69) is 31.3 Å². The summed E-state index contributed by atoms with van der Waals surface area (Å²) in [5.41, 5.74) is 0. The maximum absolute atomic E-state index is 12.5. The van der Waals surface area contributed by atoms with E-state index in [0.717, 1.165) is 38.5 Å². The van der Waals surface area contributed by atoms with E-state index >= 15 is 0 Å². The highest BCUT2D eigenvalue weighted by Gasteiger charge is 2.20. The van der Waals surface area contributed by atoms with Gasteiger partial charge in [0.1, 0.15) is 0 Å². The number of ether oxygens (including phenoxy) is 1. The van der Waals surface area contributed by atoms with Gasteiger partial charge in [0.25, 0.3) is 0 Å². The first-order chi connectivity index (χ1) is 39.5. The summed E-state index contributed by atoms with van der Waals surface area (Å²) in [6, 6.07) is -0.538. The Kier molecular flexibility index (Phi) is 68.9. The van der Waals surface area contributed by atoms with Crippen LogP contribution in [0.3, 0.4) is 0 Å².